The highest BCUT2D eigenvalue weighted by atomic mass is 32.2. The molecule has 1 aliphatic rings. The number of hydrogen-bond donors (Lipinski definition) is 1. The molecule has 24 heavy (non-hydrogen) atoms. The first kappa shape index (κ1) is 14.9. The molecule has 8 heteroatoms. The zero-order valence-electron chi connectivity index (χ0n) is 13.2. The molecule has 1 atom stereocenters. The summed E-state index contributed by atoms with van der Waals surface area (Å²) in [7, 11) is 3.25. The van der Waals surface area contributed by atoms with E-state index < -0.39 is 0 Å². The normalized spacial score (nSPS) is 15.8. The lowest BCUT2D eigenvalue weighted by molar-refractivity contribution is 0.354. The summed E-state index contributed by atoms with van der Waals surface area (Å²) in [5.41, 5.74) is 4.43. The minimum absolute atomic E-state index is 0.00894. The Kier molecular flexibility index (Phi) is 3.81. The van der Waals surface area contributed by atoms with Crippen LogP contribution in [0.5, 0.6) is 11.5 Å². The molecule has 124 valence electrons. The molecule has 0 aliphatic carbocycles. The number of methoxy groups -OCH3 is 2. The number of ether oxygens (including phenoxy) is 2. The van der Waals surface area contributed by atoms with Gasteiger partial charge >= 0.3 is 0 Å². The Morgan fingerprint density at radius 1 is 1.21 bits per heavy atom. The molecule has 2 aromatic heterocycles. The van der Waals surface area contributed by atoms with Crippen LogP contribution in [0.25, 0.3) is 0 Å². The van der Waals surface area contributed by atoms with Gasteiger partial charge in [0.05, 0.1) is 20.5 Å². The number of rotatable bonds is 5. The second kappa shape index (κ2) is 6.12. The Balaban J connectivity index is 1.56. The SMILES string of the molecule is COc1ccc(Cc2nnc3n2NC(c2ccco2)S3)cc1OC. The van der Waals surface area contributed by atoms with Crippen molar-refractivity contribution in [3.8, 4) is 11.5 Å². The van der Waals surface area contributed by atoms with Crippen LogP contribution in [0.1, 0.15) is 22.5 Å². The van der Waals surface area contributed by atoms with Gasteiger partial charge in [-0.3, -0.25) is 0 Å². The van der Waals surface area contributed by atoms with E-state index in [1.54, 1.807) is 32.2 Å². The van der Waals surface area contributed by atoms with E-state index in [4.69, 9.17) is 13.9 Å². The van der Waals surface area contributed by atoms with Crippen LogP contribution >= 0.6 is 11.8 Å². The number of aromatic nitrogens is 3. The summed E-state index contributed by atoms with van der Waals surface area (Å²) < 4.78 is 18.0. The lowest BCUT2D eigenvalue weighted by Gasteiger charge is -2.11. The molecular weight excluding hydrogens is 328 g/mol. The summed E-state index contributed by atoms with van der Waals surface area (Å²) in [6.45, 7) is 0. The smallest absolute Gasteiger partial charge is 0.212 e. The van der Waals surface area contributed by atoms with Crippen LogP contribution in [-0.2, 0) is 6.42 Å². The molecule has 3 aromatic rings. The Bertz CT molecular complexity index is 847. The lowest BCUT2D eigenvalue weighted by Crippen LogP contribution is -2.15. The summed E-state index contributed by atoms with van der Waals surface area (Å²) in [5, 5.41) is 9.35. The van der Waals surface area contributed by atoms with Crippen LogP contribution in [-0.4, -0.2) is 29.1 Å². The van der Waals surface area contributed by atoms with Crippen molar-refractivity contribution in [1.29, 1.82) is 0 Å². The zero-order chi connectivity index (χ0) is 16.5. The molecular formula is C16H16N4O3S. The fourth-order valence-electron chi connectivity index (χ4n) is 2.61. The van der Waals surface area contributed by atoms with Gasteiger partial charge in [0.25, 0.3) is 0 Å². The van der Waals surface area contributed by atoms with Gasteiger partial charge in [-0.1, -0.05) is 6.07 Å². The molecule has 1 aliphatic heterocycles. The second-order valence-corrected chi connectivity index (χ2v) is 6.31. The van der Waals surface area contributed by atoms with Crippen molar-refractivity contribution in [2.24, 2.45) is 0 Å². The molecule has 0 radical (unpaired) electrons. The molecule has 0 saturated carbocycles. The van der Waals surface area contributed by atoms with Gasteiger partial charge in [0.2, 0.25) is 5.16 Å². The summed E-state index contributed by atoms with van der Waals surface area (Å²) >= 11 is 1.58. The standard InChI is InChI=1S/C16H16N4O3S/c1-21-11-6-5-10(8-13(11)22-2)9-14-17-18-16-20(14)19-15(24-16)12-4-3-7-23-12/h3-8,15,19H,9H2,1-2H3. The molecule has 4 rings (SSSR count). The molecule has 1 N–H and O–H groups in total. The van der Waals surface area contributed by atoms with Gasteiger partial charge < -0.3 is 19.3 Å². The Hall–Kier alpha value is -2.61. The maximum atomic E-state index is 5.46. The van der Waals surface area contributed by atoms with E-state index in [9.17, 15) is 0 Å². The van der Waals surface area contributed by atoms with E-state index >= 15 is 0 Å². The zero-order valence-corrected chi connectivity index (χ0v) is 14.0. The van der Waals surface area contributed by atoms with E-state index in [0.717, 1.165) is 22.3 Å². The highest BCUT2D eigenvalue weighted by Gasteiger charge is 2.29. The Morgan fingerprint density at radius 3 is 2.83 bits per heavy atom. The van der Waals surface area contributed by atoms with Crippen molar-refractivity contribution in [2.45, 2.75) is 17.0 Å². The van der Waals surface area contributed by atoms with Crippen molar-refractivity contribution in [3.05, 3.63) is 53.7 Å². The Morgan fingerprint density at radius 2 is 2.08 bits per heavy atom. The number of hydrogen-bond acceptors (Lipinski definition) is 7. The molecule has 1 unspecified atom stereocenters. The number of fused-ring (bicyclic) bond motifs is 1. The quantitative estimate of drug-likeness (QED) is 0.763. The van der Waals surface area contributed by atoms with Gasteiger partial charge in [-0.25, -0.2) is 4.68 Å². The first-order valence-electron chi connectivity index (χ1n) is 7.40. The summed E-state index contributed by atoms with van der Waals surface area (Å²) in [4.78, 5) is 0. The second-order valence-electron chi connectivity index (χ2n) is 5.24. The van der Waals surface area contributed by atoms with Gasteiger partial charge in [-0.05, 0) is 41.6 Å². The summed E-state index contributed by atoms with van der Waals surface area (Å²) in [5.74, 6) is 3.10. The minimum Gasteiger partial charge on any atom is -0.493 e. The molecule has 0 amide bonds. The summed E-state index contributed by atoms with van der Waals surface area (Å²) in [6.07, 6.45) is 2.30. The van der Waals surface area contributed by atoms with Crippen molar-refractivity contribution in [1.82, 2.24) is 14.9 Å². The first-order valence-corrected chi connectivity index (χ1v) is 8.28. The number of furan rings is 1. The van der Waals surface area contributed by atoms with Gasteiger partial charge in [0, 0.05) is 6.42 Å². The molecule has 1 aromatic carbocycles. The van der Waals surface area contributed by atoms with E-state index in [-0.39, 0.29) is 5.37 Å². The molecule has 0 saturated heterocycles. The van der Waals surface area contributed by atoms with E-state index in [0.29, 0.717) is 17.9 Å². The maximum Gasteiger partial charge on any atom is 0.212 e. The predicted octanol–water partition coefficient (Wildman–Crippen LogP) is 2.83. The first-order chi connectivity index (χ1) is 11.8. The molecule has 0 fully saturated rings. The fourth-order valence-corrected chi connectivity index (χ4v) is 3.58. The van der Waals surface area contributed by atoms with Crippen molar-refractivity contribution < 1.29 is 13.9 Å². The van der Waals surface area contributed by atoms with Crippen molar-refractivity contribution >= 4 is 11.8 Å². The number of nitrogens with zero attached hydrogens (tertiary/aromatic N) is 3. The van der Waals surface area contributed by atoms with E-state index in [1.165, 1.54) is 0 Å². The number of nitrogens with one attached hydrogen (secondary N) is 1. The average Bonchev–Trinajstić information content (AvgIpc) is 3.32. The van der Waals surface area contributed by atoms with Crippen LogP contribution in [0.2, 0.25) is 0 Å². The monoisotopic (exact) mass is 344 g/mol. The van der Waals surface area contributed by atoms with Gasteiger partial charge in [-0.2, -0.15) is 0 Å². The van der Waals surface area contributed by atoms with Crippen molar-refractivity contribution in [3.63, 3.8) is 0 Å². The van der Waals surface area contributed by atoms with Crippen molar-refractivity contribution in [2.75, 3.05) is 19.6 Å². The van der Waals surface area contributed by atoms with Crippen LogP contribution in [0.15, 0.2) is 46.2 Å². The van der Waals surface area contributed by atoms with E-state index in [2.05, 4.69) is 15.6 Å². The highest BCUT2D eigenvalue weighted by molar-refractivity contribution is 7.99. The molecule has 0 bridgehead atoms. The summed E-state index contributed by atoms with van der Waals surface area (Å²) in [6, 6.07) is 9.66. The third-order valence-electron chi connectivity index (χ3n) is 3.78. The van der Waals surface area contributed by atoms with Gasteiger partial charge in [-0.15, -0.1) is 10.2 Å². The van der Waals surface area contributed by atoms with Crippen LogP contribution in [0, 0.1) is 0 Å². The molecule has 7 nitrogen and oxygen atoms in total. The maximum absolute atomic E-state index is 5.46. The van der Waals surface area contributed by atoms with E-state index in [1.807, 2.05) is 35.0 Å². The van der Waals surface area contributed by atoms with Crippen LogP contribution < -0.4 is 14.9 Å². The molecule has 0 spiro atoms. The van der Waals surface area contributed by atoms with Gasteiger partial charge in [0.15, 0.2) is 22.7 Å². The minimum atomic E-state index is 0.00894. The largest absolute Gasteiger partial charge is 0.493 e. The third kappa shape index (κ3) is 2.58. The van der Waals surface area contributed by atoms with Crippen LogP contribution in [0.3, 0.4) is 0 Å². The number of thioether (sulfide) groups is 1. The third-order valence-corrected chi connectivity index (χ3v) is 4.83. The average molecular weight is 344 g/mol. The Labute approximate surface area is 142 Å². The van der Waals surface area contributed by atoms with Crippen LogP contribution in [0.4, 0.5) is 0 Å². The highest BCUT2D eigenvalue weighted by Crippen LogP contribution is 2.39. The number of benzene rings is 1. The lowest BCUT2D eigenvalue weighted by atomic mass is 10.1. The fraction of sp³-hybridized carbons (Fsp3) is 0.250. The topological polar surface area (TPSA) is 74.3 Å². The predicted molar refractivity (Wildman–Crippen MR) is 89.0 cm³/mol. The van der Waals surface area contributed by atoms with Gasteiger partial charge in [0.1, 0.15) is 5.76 Å². The molecule has 3 heterocycles.